The van der Waals surface area contributed by atoms with Crippen molar-refractivity contribution < 1.29 is 17.6 Å². The minimum absolute atomic E-state index is 0.0939. The Labute approximate surface area is 131 Å². The third-order valence-electron chi connectivity index (χ3n) is 3.85. The van der Waals surface area contributed by atoms with E-state index in [1.165, 1.54) is 0 Å². The maximum atomic E-state index is 13.9. The maximum absolute atomic E-state index is 13.9. The van der Waals surface area contributed by atoms with Crippen molar-refractivity contribution in [2.45, 2.75) is 42.1 Å². The lowest BCUT2D eigenvalue weighted by molar-refractivity contribution is -0.138. The zero-order valence-corrected chi connectivity index (χ0v) is 13.5. The highest BCUT2D eigenvalue weighted by Gasteiger charge is 2.36. The van der Waals surface area contributed by atoms with Gasteiger partial charge in [-0.3, -0.25) is 0 Å². The predicted molar refractivity (Wildman–Crippen MR) is 79.1 cm³/mol. The Morgan fingerprint density at radius 1 is 1.29 bits per heavy atom. The van der Waals surface area contributed by atoms with Crippen molar-refractivity contribution >= 4 is 38.6 Å². The molecule has 1 fully saturated rings. The van der Waals surface area contributed by atoms with Crippen LogP contribution in [-0.4, -0.2) is 9.73 Å². The van der Waals surface area contributed by atoms with Gasteiger partial charge in [0, 0.05) is 14.6 Å². The van der Waals surface area contributed by atoms with Crippen LogP contribution in [0.3, 0.4) is 0 Å². The first-order valence-electron chi connectivity index (χ1n) is 6.46. The Hall–Kier alpha value is -0.690. The number of benzene rings is 1. The molecule has 0 radical (unpaired) electrons. The molecule has 3 rings (SSSR count). The molecule has 1 aliphatic carbocycles. The van der Waals surface area contributed by atoms with Crippen molar-refractivity contribution in [3.8, 4) is 0 Å². The summed E-state index contributed by atoms with van der Waals surface area (Å²) in [7, 11) is 0. The summed E-state index contributed by atoms with van der Waals surface area (Å²) in [5, 5.41) is 0.930. The molecule has 1 aromatic heterocycles. The van der Waals surface area contributed by atoms with Gasteiger partial charge in [0.1, 0.15) is 5.82 Å². The first kappa shape index (κ1) is 15.2. The van der Waals surface area contributed by atoms with Crippen LogP contribution in [0.2, 0.25) is 0 Å². The number of aromatic amines is 1. The number of H-pyrrole nitrogens is 1. The number of hydrogen-bond acceptors (Lipinski definition) is 1. The van der Waals surface area contributed by atoms with Gasteiger partial charge in [0.05, 0.1) is 16.1 Å². The summed E-state index contributed by atoms with van der Waals surface area (Å²) in [4.78, 5) is 2.90. The highest BCUT2D eigenvalue weighted by Crippen LogP contribution is 2.48. The number of alkyl halides is 3. The summed E-state index contributed by atoms with van der Waals surface area (Å²) in [6, 6.07) is 2.12. The fourth-order valence-electron chi connectivity index (χ4n) is 2.50. The monoisotopic (exact) mass is 381 g/mol. The molecule has 0 aliphatic heterocycles. The smallest absolute Gasteiger partial charge is 0.347 e. The molecule has 0 atom stereocenters. The van der Waals surface area contributed by atoms with Crippen molar-refractivity contribution in [2.24, 2.45) is 0 Å². The fourth-order valence-corrected chi connectivity index (χ4v) is 4.51. The molecule has 1 aromatic carbocycles. The zero-order valence-electron chi connectivity index (χ0n) is 11.1. The van der Waals surface area contributed by atoms with Crippen LogP contribution in [0.1, 0.15) is 31.7 Å². The summed E-state index contributed by atoms with van der Waals surface area (Å²) in [6.45, 7) is 2.11. The summed E-state index contributed by atoms with van der Waals surface area (Å²) in [6.07, 6.45) is -1.31. The Morgan fingerprint density at radius 2 is 1.95 bits per heavy atom. The minimum Gasteiger partial charge on any atom is -0.347 e. The van der Waals surface area contributed by atoms with E-state index in [1.54, 1.807) is 17.8 Å². The van der Waals surface area contributed by atoms with Gasteiger partial charge in [-0.15, -0.1) is 11.8 Å². The molecule has 1 heterocycles. The fraction of sp³-hybridized carbons (Fsp3) is 0.429. The first-order chi connectivity index (χ1) is 9.70. The van der Waals surface area contributed by atoms with Crippen LogP contribution in [0.5, 0.6) is 0 Å². The molecule has 114 valence electrons. The quantitative estimate of drug-likeness (QED) is 0.619. The molecular formula is C14H12BrF4NS. The Kier molecular flexibility index (Phi) is 3.56. The van der Waals surface area contributed by atoms with Crippen LogP contribution in [0.4, 0.5) is 17.6 Å². The molecule has 2 aromatic rings. The highest BCUT2D eigenvalue weighted by atomic mass is 79.9. The third kappa shape index (κ3) is 2.70. The van der Waals surface area contributed by atoms with Gasteiger partial charge in [0.15, 0.2) is 0 Å². The number of halogens is 5. The summed E-state index contributed by atoms with van der Waals surface area (Å²) < 4.78 is 52.6. The Balaban J connectivity index is 2.08. The lowest BCUT2D eigenvalue weighted by Gasteiger charge is -2.37. The van der Waals surface area contributed by atoms with Gasteiger partial charge >= 0.3 is 6.18 Å². The lowest BCUT2D eigenvalue weighted by Crippen LogP contribution is -2.28. The standard InChI is InChI=1S/C14H12BrF4NS/c1-13(3-2-4-13)21-10-5-7-11(15)8(14(17,18)19)6-9(16)12(7)20-10/h5-6,20H,2-4H2,1H3. The molecule has 1 nitrogen and oxygen atoms in total. The van der Waals surface area contributed by atoms with E-state index >= 15 is 0 Å². The van der Waals surface area contributed by atoms with Crippen LogP contribution >= 0.6 is 27.7 Å². The van der Waals surface area contributed by atoms with Gasteiger partial charge in [-0.2, -0.15) is 13.2 Å². The van der Waals surface area contributed by atoms with Crippen molar-refractivity contribution in [1.29, 1.82) is 0 Å². The number of aromatic nitrogens is 1. The van der Waals surface area contributed by atoms with E-state index in [0.29, 0.717) is 11.1 Å². The molecule has 0 saturated heterocycles. The second-order valence-corrected chi connectivity index (χ2v) is 7.97. The largest absolute Gasteiger partial charge is 0.417 e. The highest BCUT2D eigenvalue weighted by molar-refractivity contribution is 9.10. The summed E-state index contributed by atoms with van der Waals surface area (Å²) >= 11 is 4.52. The van der Waals surface area contributed by atoms with E-state index in [9.17, 15) is 17.6 Å². The second kappa shape index (κ2) is 4.91. The van der Waals surface area contributed by atoms with Gasteiger partial charge in [-0.1, -0.05) is 13.3 Å². The average molecular weight is 382 g/mol. The molecule has 21 heavy (non-hydrogen) atoms. The van der Waals surface area contributed by atoms with Crippen molar-refractivity contribution in [3.63, 3.8) is 0 Å². The first-order valence-corrected chi connectivity index (χ1v) is 8.07. The Morgan fingerprint density at radius 3 is 2.48 bits per heavy atom. The summed E-state index contributed by atoms with van der Waals surface area (Å²) in [5.74, 6) is -0.883. The van der Waals surface area contributed by atoms with Crippen molar-refractivity contribution in [1.82, 2.24) is 4.98 Å². The van der Waals surface area contributed by atoms with Crippen molar-refractivity contribution in [3.05, 3.63) is 28.0 Å². The van der Waals surface area contributed by atoms with Gasteiger partial charge in [0.2, 0.25) is 0 Å². The van der Waals surface area contributed by atoms with E-state index in [2.05, 4.69) is 27.8 Å². The molecule has 1 aliphatic rings. The molecule has 7 heteroatoms. The topological polar surface area (TPSA) is 15.8 Å². The zero-order chi connectivity index (χ0) is 15.4. The van der Waals surface area contributed by atoms with Crippen molar-refractivity contribution in [2.75, 3.05) is 0 Å². The number of hydrogen-bond donors (Lipinski definition) is 1. The van der Waals surface area contributed by atoms with Crippen LogP contribution in [0, 0.1) is 5.82 Å². The van der Waals surface area contributed by atoms with E-state index in [0.717, 1.165) is 19.3 Å². The molecular weight excluding hydrogens is 370 g/mol. The molecule has 1 N–H and O–H groups in total. The van der Waals surface area contributed by atoms with Gasteiger partial charge < -0.3 is 4.98 Å². The molecule has 0 amide bonds. The van der Waals surface area contributed by atoms with Crippen LogP contribution < -0.4 is 0 Å². The normalized spacial score (nSPS) is 18.0. The molecule has 0 spiro atoms. The van der Waals surface area contributed by atoms with Crippen LogP contribution in [0.25, 0.3) is 10.9 Å². The van der Waals surface area contributed by atoms with Gasteiger partial charge in [-0.25, -0.2) is 4.39 Å². The third-order valence-corrected chi connectivity index (χ3v) is 6.04. The molecule has 0 bridgehead atoms. The van der Waals surface area contributed by atoms with E-state index in [4.69, 9.17) is 0 Å². The number of nitrogens with one attached hydrogen (secondary N) is 1. The SMILES string of the molecule is CC1(Sc2cc3c(Br)c(C(F)(F)F)cc(F)c3[nH]2)CCC1. The second-order valence-electron chi connectivity index (χ2n) is 5.55. The number of fused-ring (bicyclic) bond motifs is 1. The number of rotatable bonds is 2. The van der Waals surface area contributed by atoms with Crippen LogP contribution in [-0.2, 0) is 6.18 Å². The minimum atomic E-state index is -4.58. The number of thioether (sulfide) groups is 1. The lowest BCUT2D eigenvalue weighted by atomic mass is 9.86. The van der Waals surface area contributed by atoms with E-state index in [-0.39, 0.29) is 20.1 Å². The molecule has 0 unspecified atom stereocenters. The van der Waals surface area contributed by atoms with E-state index < -0.39 is 17.6 Å². The molecule has 1 saturated carbocycles. The van der Waals surface area contributed by atoms with Crippen LogP contribution in [0.15, 0.2) is 21.6 Å². The average Bonchev–Trinajstić information content (AvgIpc) is 2.75. The van der Waals surface area contributed by atoms with E-state index in [1.807, 2.05) is 0 Å². The maximum Gasteiger partial charge on any atom is 0.417 e. The Bertz CT molecular complexity index is 703. The van der Waals surface area contributed by atoms with Gasteiger partial charge in [0.25, 0.3) is 0 Å². The predicted octanol–water partition coefficient (Wildman–Crippen LogP) is 6.12. The van der Waals surface area contributed by atoms with Gasteiger partial charge in [-0.05, 0) is 40.9 Å². The summed E-state index contributed by atoms with van der Waals surface area (Å²) in [5.41, 5.74) is -0.877.